The Hall–Kier alpha value is -0.900. The highest BCUT2D eigenvalue weighted by atomic mass is 79.9. The fraction of sp³-hybridized carbons (Fsp3) is 0.600. The van der Waals surface area contributed by atoms with Gasteiger partial charge in [-0.25, -0.2) is 4.98 Å². The molecule has 4 heteroatoms. The van der Waals surface area contributed by atoms with Gasteiger partial charge in [-0.15, -0.1) is 0 Å². The summed E-state index contributed by atoms with van der Waals surface area (Å²) in [5, 5.41) is 3.05. The summed E-state index contributed by atoms with van der Waals surface area (Å²) in [6.07, 6.45) is 7.02. The van der Waals surface area contributed by atoms with E-state index in [9.17, 15) is 4.79 Å². The van der Waals surface area contributed by atoms with Crippen molar-refractivity contribution in [2.75, 3.05) is 5.32 Å². The fourth-order valence-corrected chi connectivity index (χ4v) is 3.44. The molecule has 0 unspecified atom stereocenters. The average molecular weight is 325 g/mol. The average Bonchev–Trinajstić information content (AvgIpc) is 2.81. The summed E-state index contributed by atoms with van der Waals surface area (Å²) in [7, 11) is 0. The van der Waals surface area contributed by atoms with Gasteiger partial charge in [0.15, 0.2) is 0 Å². The molecule has 1 N–H and O–H groups in total. The zero-order valence-electron chi connectivity index (χ0n) is 11.6. The van der Waals surface area contributed by atoms with E-state index in [0.29, 0.717) is 10.5 Å². The van der Waals surface area contributed by atoms with Gasteiger partial charge in [0.2, 0.25) is 5.91 Å². The molecule has 1 saturated carbocycles. The minimum Gasteiger partial charge on any atom is -0.323 e. The maximum Gasteiger partial charge on any atom is 0.230 e. The van der Waals surface area contributed by atoms with E-state index in [4.69, 9.17) is 0 Å². The normalized spacial score (nSPS) is 17.7. The number of hydrogen-bond donors (Lipinski definition) is 1. The zero-order chi connectivity index (χ0) is 13.9. The summed E-state index contributed by atoms with van der Waals surface area (Å²) < 4.78 is 0.695. The van der Waals surface area contributed by atoms with Crippen LogP contribution in [-0.4, -0.2) is 10.9 Å². The zero-order valence-corrected chi connectivity index (χ0v) is 13.2. The Labute approximate surface area is 123 Å². The lowest BCUT2D eigenvalue weighted by molar-refractivity contribution is -0.126. The first-order chi connectivity index (χ1) is 9.03. The van der Waals surface area contributed by atoms with Crippen molar-refractivity contribution >= 4 is 27.5 Å². The lowest BCUT2D eigenvalue weighted by Crippen LogP contribution is -2.35. The van der Waals surface area contributed by atoms with Crippen LogP contribution in [0, 0.1) is 11.3 Å². The lowest BCUT2D eigenvalue weighted by Gasteiger charge is -2.29. The van der Waals surface area contributed by atoms with Crippen LogP contribution in [0.15, 0.2) is 22.9 Å². The third-order valence-corrected chi connectivity index (χ3v) is 4.48. The lowest BCUT2D eigenvalue weighted by atomic mass is 9.77. The van der Waals surface area contributed by atoms with Crippen LogP contribution in [0.25, 0.3) is 0 Å². The first-order valence-corrected chi connectivity index (χ1v) is 7.75. The van der Waals surface area contributed by atoms with E-state index in [0.717, 1.165) is 37.8 Å². The molecule has 2 rings (SSSR count). The number of carbonyl (C=O) groups is 1. The number of hydrogen-bond acceptors (Lipinski definition) is 2. The quantitative estimate of drug-likeness (QED) is 0.834. The Morgan fingerprint density at radius 3 is 2.74 bits per heavy atom. The van der Waals surface area contributed by atoms with Crippen LogP contribution in [0.1, 0.15) is 46.0 Å². The molecule has 0 aromatic carbocycles. The van der Waals surface area contributed by atoms with Crippen molar-refractivity contribution in [1.29, 1.82) is 0 Å². The van der Waals surface area contributed by atoms with Crippen LogP contribution >= 0.6 is 15.9 Å². The molecule has 0 saturated heterocycles. The van der Waals surface area contributed by atoms with Crippen LogP contribution in [-0.2, 0) is 4.79 Å². The number of pyridine rings is 1. The molecule has 0 aliphatic heterocycles. The van der Waals surface area contributed by atoms with E-state index in [2.05, 4.69) is 40.1 Å². The Morgan fingerprint density at radius 1 is 1.47 bits per heavy atom. The molecule has 0 radical (unpaired) electrons. The SMILES string of the molecule is CC(C)CC1(C(=O)Nc2cccnc2Br)CCCC1. The van der Waals surface area contributed by atoms with Crippen molar-refractivity contribution in [2.24, 2.45) is 11.3 Å². The number of nitrogens with one attached hydrogen (secondary N) is 1. The summed E-state index contributed by atoms with van der Waals surface area (Å²) in [4.78, 5) is 16.8. The molecule has 1 aromatic heterocycles. The molecule has 1 amide bonds. The minimum absolute atomic E-state index is 0.160. The smallest absolute Gasteiger partial charge is 0.230 e. The largest absolute Gasteiger partial charge is 0.323 e. The third kappa shape index (κ3) is 3.35. The van der Waals surface area contributed by atoms with Crippen LogP contribution in [0.5, 0.6) is 0 Å². The topological polar surface area (TPSA) is 42.0 Å². The standard InChI is InChI=1S/C15H21BrN2O/c1-11(2)10-15(7-3-4-8-15)14(19)18-12-6-5-9-17-13(12)16/h5-6,9,11H,3-4,7-8,10H2,1-2H3,(H,18,19). The molecule has 1 fully saturated rings. The maximum atomic E-state index is 12.7. The number of aromatic nitrogens is 1. The molecule has 0 atom stereocenters. The summed E-state index contributed by atoms with van der Waals surface area (Å²) in [6, 6.07) is 3.72. The van der Waals surface area contributed by atoms with Crippen molar-refractivity contribution in [2.45, 2.75) is 46.0 Å². The molecular formula is C15H21BrN2O. The molecule has 1 aliphatic rings. The van der Waals surface area contributed by atoms with Gasteiger partial charge < -0.3 is 5.32 Å². The van der Waals surface area contributed by atoms with Crippen molar-refractivity contribution in [1.82, 2.24) is 4.98 Å². The van der Waals surface area contributed by atoms with Crippen LogP contribution in [0.3, 0.4) is 0 Å². The van der Waals surface area contributed by atoms with Crippen LogP contribution in [0.4, 0.5) is 5.69 Å². The first kappa shape index (κ1) is 14.5. The highest BCUT2D eigenvalue weighted by Crippen LogP contribution is 2.44. The van der Waals surface area contributed by atoms with Gasteiger partial charge >= 0.3 is 0 Å². The second-order valence-electron chi connectivity index (χ2n) is 5.88. The maximum absolute atomic E-state index is 12.7. The molecule has 1 aliphatic carbocycles. The summed E-state index contributed by atoms with van der Waals surface area (Å²) in [5.74, 6) is 0.702. The molecular weight excluding hydrogens is 304 g/mol. The molecule has 1 aromatic rings. The van der Waals surface area contributed by atoms with Crippen LogP contribution in [0.2, 0.25) is 0 Å². The van der Waals surface area contributed by atoms with E-state index in [-0.39, 0.29) is 11.3 Å². The predicted octanol–water partition coefficient (Wildman–Crippen LogP) is 4.39. The number of rotatable bonds is 4. The number of halogens is 1. The van der Waals surface area contributed by atoms with Gasteiger partial charge in [0, 0.05) is 11.6 Å². The molecule has 1 heterocycles. The summed E-state index contributed by atoms with van der Waals surface area (Å²) >= 11 is 3.38. The van der Waals surface area contributed by atoms with E-state index >= 15 is 0 Å². The second kappa shape index (κ2) is 6.04. The minimum atomic E-state index is -0.177. The molecule has 19 heavy (non-hydrogen) atoms. The number of nitrogens with zero attached hydrogens (tertiary/aromatic N) is 1. The third-order valence-electron chi connectivity index (χ3n) is 3.85. The first-order valence-electron chi connectivity index (χ1n) is 6.95. The van der Waals surface area contributed by atoms with Crippen molar-refractivity contribution < 1.29 is 4.79 Å². The molecule has 0 spiro atoms. The van der Waals surface area contributed by atoms with Gasteiger partial charge in [-0.05, 0) is 53.2 Å². The number of anilines is 1. The van der Waals surface area contributed by atoms with Gasteiger partial charge in [0.25, 0.3) is 0 Å². The van der Waals surface area contributed by atoms with Crippen molar-refractivity contribution in [3.05, 3.63) is 22.9 Å². The number of carbonyl (C=O) groups excluding carboxylic acids is 1. The Kier molecular flexibility index (Phi) is 4.61. The van der Waals surface area contributed by atoms with Gasteiger partial charge in [0.1, 0.15) is 4.60 Å². The molecule has 3 nitrogen and oxygen atoms in total. The van der Waals surface area contributed by atoms with E-state index in [1.165, 1.54) is 0 Å². The van der Waals surface area contributed by atoms with Crippen molar-refractivity contribution in [3.63, 3.8) is 0 Å². The number of amides is 1. The fourth-order valence-electron chi connectivity index (χ4n) is 3.09. The summed E-state index contributed by atoms with van der Waals surface area (Å²) in [5.41, 5.74) is 0.589. The molecule has 0 bridgehead atoms. The van der Waals surface area contributed by atoms with Crippen LogP contribution < -0.4 is 5.32 Å². The van der Waals surface area contributed by atoms with Crippen molar-refractivity contribution in [3.8, 4) is 0 Å². The van der Waals surface area contributed by atoms with Gasteiger partial charge in [-0.2, -0.15) is 0 Å². The highest BCUT2D eigenvalue weighted by Gasteiger charge is 2.41. The highest BCUT2D eigenvalue weighted by molar-refractivity contribution is 9.10. The molecule has 104 valence electrons. The van der Waals surface area contributed by atoms with Gasteiger partial charge in [-0.3, -0.25) is 4.79 Å². The Balaban J connectivity index is 2.15. The predicted molar refractivity (Wildman–Crippen MR) is 80.9 cm³/mol. The van der Waals surface area contributed by atoms with E-state index < -0.39 is 0 Å². The Bertz CT molecular complexity index is 453. The second-order valence-corrected chi connectivity index (χ2v) is 6.63. The van der Waals surface area contributed by atoms with E-state index in [1.807, 2.05) is 12.1 Å². The Morgan fingerprint density at radius 2 is 2.16 bits per heavy atom. The van der Waals surface area contributed by atoms with Gasteiger partial charge in [-0.1, -0.05) is 26.7 Å². The monoisotopic (exact) mass is 324 g/mol. The summed E-state index contributed by atoms with van der Waals surface area (Å²) in [6.45, 7) is 4.38. The van der Waals surface area contributed by atoms with Gasteiger partial charge in [0.05, 0.1) is 5.69 Å². The van der Waals surface area contributed by atoms with E-state index in [1.54, 1.807) is 6.20 Å².